The van der Waals surface area contributed by atoms with E-state index in [-0.39, 0.29) is 5.91 Å². The van der Waals surface area contributed by atoms with Gasteiger partial charge in [-0.2, -0.15) is 0 Å². The van der Waals surface area contributed by atoms with Crippen LogP contribution in [0.2, 0.25) is 10.0 Å². The fourth-order valence-electron chi connectivity index (χ4n) is 1.15. The maximum atomic E-state index is 11.8. The van der Waals surface area contributed by atoms with Crippen LogP contribution < -0.4 is 5.32 Å². The van der Waals surface area contributed by atoms with Crippen LogP contribution in [0.15, 0.2) is 18.2 Å². The van der Waals surface area contributed by atoms with E-state index in [1.54, 1.807) is 12.1 Å². The summed E-state index contributed by atoms with van der Waals surface area (Å²) in [5.41, 5.74) is 0.423. The number of rotatable bonds is 2. The molecule has 0 saturated heterocycles. The van der Waals surface area contributed by atoms with Crippen LogP contribution in [-0.4, -0.2) is 16.1 Å². The normalized spacial score (nSPS) is 10.3. The Hall–Kier alpha value is -1.17. The van der Waals surface area contributed by atoms with Crippen molar-refractivity contribution in [2.45, 2.75) is 6.92 Å². The van der Waals surface area contributed by atoms with Crippen molar-refractivity contribution in [2.75, 3.05) is 5.32 Å². The quantitative estimate of drug-likeness (QED) is 0.921. The lowest BCUT2D eigenvalue weighted by Gasteiger charge is -2.02. The monoisotopic (exact) mass is 287 g/mol. The van der Waals surface area contributed by atoms with Crippen molar-refractivity contribution in [2.24, 2.45) is 0 Å². The summed E-state index contributed by atoms with van der Waals surface area (Å²) >= 11 is 12.9. The van der Waals surface area contributed by atoms with E-state index in [9.17, 15) is 4.79 Å². The summed E-state index contributed by atoms with van der Waals surface area (Å²) in [5, 5.41) is 12.2. The Morgan fingerprint density at radius 3 is 2.65 bits per heavy atom. The summed E-state index contributed by atoms with van der Waals surface area (Å²) in [5.74, 6) is -0.292. The lowest BCUT2D eigenvalue weighted by molar-refractivity contribution is 0.102. The Morgan fingerprint density at radius 1 is 1.29 bits per heavy atom. The molecule has 0 aliphatic heterocycles. The van der Waals surface area contributed by atoms with Crippen molar-refractivity contribution in [3.8, 4) is 0 Å². The first-order chi connectivity index (χ1) is 8.06. The van der Waals surface area contributed by atoms with Gasteiger partial charge in [0, 0.05) is 5.56 Å². The average molecular weight is 288 g/mol. The summed E-state index contributed by atoms with van der Waals surface area (Å²) in [6, 6.07) is 4.68. The molecule has 0 spiro atoms. The number of nitrogens with zero attached hydrogens (tertiary/aromatic N) is 2. The second-order valence-corrected chi connectivity index (χ2v) is 5.21. The Bertz CT molecular complexity index is 570. The van der Waals surface area contributed by atoms with E-state index in [4.69, 9.17) is 23.2 Å². The molecule has 17 heavy (non-hydrogen) atoms. The Labute approximate surface area is 112 Å². The number of hydrogen-bond acceptors (Lipinski definition) is 4. The van der Waals surface area contributed by atoms with E-state index in [1.165, 1.54) is 17.4 Å². The number of aryl methyl sites for hydroxylation is 1. The summed E-state index contributed by atoms with van der Waals surface area (Å²) < 4.78 is 0. The third-order valence-corrected chi connectivity index (χ3v) is 3.42. The Morgan fingerprint density at radius 2 is 2.06 bits per heavy atom. The first kappa shape index (κ1) is 12.3. The van der Waals surface area contributed by atoms with Gasteiger partial charge in [0.15, 0.2) is 0 Å². The third-order valence-electron chi connectivity index (χ3n) is 1.93. The Balaban J connectivity index is 2.17. The fourth-order valence-corrected chi connectivity index (χ4v) is 2.04. The highest BCUT2D eigenvalue weighted by Crippen LogP contribution is 2.23. The van der Waals surface area contributed by atoms with Gasteiger partial charge in [0.05, 0.1) is 10.0 Å². The lowest BCUT2D eigenvalue weighted by atomic mass is 10.2. The molecule has 1 aromatic carbocycles. The summed E-state index contributed by atoms with van der Waals surface area (Å²) in [4.78, 5) is 11.8. The minimum atomic E-state index is -0.292. The topological polar surface area (TPSA) is 54.9 Å². The van der Waals surface area contributed by atoms with Crippen molar-refractivity contribution in [3.05, 3.63) is 38.8 Å². The van der Waals surface area contributed by atoms with E-state index in [1.807, 2.05) is 6.92 Å². The van der Waals surface area contributed by atoms with Crippen molar-refractivity contribution < 1.29 is 4.79 Å². The van der Waals surface area contributed by atoms with E-state index in [2.05, 4.69) is 15.5 Å². The van der Waals surface area contributed by atoms with Crippen LogP contribution in [0.4, 0.5) is 5.13 Å². The molecule has 1 heterocycles. The van der Waals surface area contributed by atoms with Crippen LogP contribution in [0.5, 0.6) is 0 Å². The predicted molar refractivity (Wildman–Crippen MR) is 69.1 cm³/mol. The van der Waals surface area contributed by atoms with Crippen LogP contribution in [0.25, 0.3) is 0 Å². The number of amides is 1. The predicted octanol–water partition coefficient (Wildman–Crippen LogP) is 3.41. The number of aromatic nitrogens is 2. The van der Waals surface area contributed by atoms with Crippen molar-refractivity contribution in [3.63, 3.8) is 0 Å². The molecule has 1 N–H and O–H groups in total. The van der Waals surface area contributed by atoms with Gasteiger partial charge in [-0.25, -0.2) is 0 Å². The van der Waals surface area contributed by atoms with Gasteiger partial charge in [-0.15, -0.1) is 10.2 Å². The molecule has 0 atom stereocenters. The van der Waals surface area contributed by atoms with E-state index in [0.29, 0.717) is 20.7 Å². The standard InChI is InChI=1S/C10H7Cl2N3OS/c1-5-14-15-10(17-5)13-9(16)6-2-3-7(11)8(12)4-6/h2-4H,1H3,(H,13,15,16). The number of anilines is 1. The van der Waals surface area contributed by atoms with Crippen molar-refractivity contribution >= 4 is 45.6 Å². The number of halogens is 2. The molecule has 0 aliphatic rings. The molecule has 1 aromatic heterocycles. The van der Waals surface area contributed by atoms with Crippen molar-refractivity contribution in [1.29, 1.82) is 0 Å². The van der Waals surface area contributed by atoms with Crippen LogP contribution >= 0.6 is 34.5 Å². The second kappa shape index (κ2) is 5.00. The first-order valence-electron chi connectivity index (χ1n) is 4.63. The molecular weight excluding hydrogens is 281 g/mol. The maximum Gasteiger partial charge on any atom is 0.257 e. The largest absolute Gasteiger partial charge is 0.296 e. The van der Waals surface area contributed by atoms with Gasteiger partial charge in [-0.3, -0.25) is 10.1 Å². The fraction of sp³-hybridized carbons (Fsp3) is 0.100. The van der Waals surface area contributed by atoms with E-state index < -0.39 is 0 Å². The molecule has 0 saturated carbocycles. The molecule has 1 amide bonds. The first-order valence-corrected chi connectivity index (χ1v) is 6.20. The molecule has 7 heteroatoms. The minimum absolute atomic E-state index is 0.292. The molecule has 0 radical (unpaired) electrons. The zero-order chi connectivity index (χ0) is 12.4. The molecule has 2 rings (SSSR count). The zero-order valence-corrected chi connectivity index (χ0v) is 11.0. The molecular formula is C10H7Cl2N3OS. The number of benzene rings is 1. The zero-order valence-electron chi connectivity index (χ0n) is 8.70. The van der Waals surface area contributed by atoms with Gasteiger partial charge in [0.1, 0.15) is 5.01 Å². The summed E-state index contributed by atoms with van der Waals surface area (Å²) in [6.07, 6.45) is 0. The third kappa shape index (κ3) is 2.94. The van der Waals surface area contributed by atoms with Crippen molar-refractivity contribution in [1.82, 2.24) is 10.2 Å². The van der Waals surface area contributed by atoms with Gasteiger partial charge < -0.3 is 0 Å². The van der Waals surface area contributed by atoms with Gasteiger partial charge in [-0.1, -0.05) is 34.5 Å². The smallest absolute Gasteiger partial charge is 0.257 e. The highest BCUT2D eigenvalue weighted by atomic mass is 35.5. The Kier molecular flexibility index (Phi) is 3.61. The second-order valence-electron chi connectivity index (χ2n) is 3.21. The number of nitrogens with one attached hydrogen (secondary N) is 1. The number of carbonyl (C=O) groups excluding carboxylic acids is 1. The summed E-state index contributed by atoms with van der Waals surface area (Å²) in [7, 11) is 0. The van der Waals surface area contributed by atoms with Gasteiger partial charge in [0.2, 0.25) is 5.13 Å². The molecule has 0 bridgehead atoms. The molecule has 4 nitrogen and oxygen atoms in total. The average Bonchev–Trinajstić information content (AvgIpc) is 2.68. The maximum absolute atomic E-state index is 11.8. The van der Waals surface area contributed by atoms with Gasteiger partial charge in [-0.05, 0) is 25.1 Å². The SMILES string of the molecule is Cc1nnc(NC(=O)c2ccc(Cl)c(Cl)c2)s1. The van der Waals surface area contributed by atoms with Crippen LogP contribution in [0, 0.1) is 6.92 Å². The molecule has 0 aliphatic carbocycles. The van der Waals surface area contributed by atoms with Crippen LogP contribution in [-0.2, 0) is 0 Å². The number of carbonyl (C=O) groups is 1. The number of hydrogen-bond donors (Lipinski definition) is 1. The highest BCUT2D eigenvalue weighted by molar-refractivity contribution is 7.15. The van der Waals surface area contributed by atoms with Gasteiger partial charge >= 0.3 is 0 Å². The molecule has 88 valence electrons. The minimum Gasteiger partial charge on any atom is -0.296 e. The lowest BCUT2D eigenvalue weighted by Crippen LogP contribution is -2.11. The van der Waals surface area contributed by atoms with Crippen LogP contribution in [0.1, 0.15) is 15.4 Å². The van der Waals surface area contributed by atoms with Gasteiger partial charge in [0.25, 0.3) is 5.91 Å². The summed E-state index contributed by atoms with van der Waals surface area (Å²) in [6.45, 7) is 1.81. The highest BCUT2D eigenvalue weighted by Gasteiger charge is 2.10. The van der Waals surface area contributed by atoms with Crippen LogP contribution in [0.3, 0.4) is 0 Å². The molecule has 0 unspecified atom stereocenters. The van der Waals surface area contributed by atoms with E-state index >= 15 is 0 Å². The molecule has 2 aromatic rings. The molecule has 0 fully saturated rings. The van der Waals surface area contributed by atoms with E-state index in [0.717, 1.165) is 5.01 Å².